The summed E-state index contributed by atoms with van der Waals surface area (Å²) in [6.45, 7) is 0.117. The summed E-state index contributed by atoms with van der Waals surface area (Å²) in [5.41, 5.74) is 0.203. The third-order valence-electron chi connectivity index (χ3n) is 3.71. The number of hydrogen-bond acceptors (Lipinski definition) is 4. The molecule has 0 atom stereocenters. The van der Waals surface area contributed by atoms with Crippen LogP contribution in [0, 0.1) is 5.82 Å². The number of benzene rings is 1. The quantitative estimate of drug-likeness (QED) is 0.766. The predicted molar refractivity (Wildman–Crippen MR) is 86.6 cm³/mol. The molecule has 0 aliphatic heterocycles. The Balaban J connectivity index is 2.27. The lowest BCUT2D eigenvalue weighted by molar-refractivity contribution is 0.0958. The fraction of sp³-hybridized carbons (Fsp3) is 0.118. The highest BCUT2D eigenvalue weighted by Crippen LogP contribution is 2.24. The maximum absolute atomic E-state index is 13.1. The van der Waals surface area contributed by atoms with Gasteiger partial charge in [0, 0.05) is 13.2 Å². The normalized spacial score (nSPS) is 10.8. The van der Waals surface area contributed by atoms with Gasteiger partial charge >= 0.3 is 0 Å². The summed E-state index contributed by atoms with van der Waals surface area (Å²) in [4.78, 5) is 28.8. The van der Waals surface area contributed by atoms with Crippen LogP contribution in [0.25, 0.3) is 11.0 Å². The zero-order valence-electron chi connectivity index (χ0n) is 12.8. The molecule has 6 nitrogen and oxygen atoms in total. The number of aromatic nitrogens is 2. The summed E-state index contributed by atoms with van der Waals surface area (Å²) in [5.74, 6) is -1.53. The SMILES string of the molecule is CNC(=O)c1c(O)c2ncccc2n(Cc2ccc(F)cc2)c1=O. The summed E-state index contributed by atoms with van der Waals surface area (Å²) in [6, 6.07) is 8.94. The van der Waals surface area contributed by atoms with Gasteiger partial charge in [-0.15, -0.1) is 0 Å². The molecule has 0 unspecified atom stereocenters. The molecule has 0 aliphatic rings. The topological polar surface area (TPSA) is 84.2 Å². The second-order valence-corrected chi connectivity index (χ2v) is 5.19. The van der Waals surface area contributed by atoms with E-state index in [0.29, 0.717) is 11.1 Å². The second kappa shape index (κ2) is 6.11. The lowest BCUT2D eigenvalue weighted by Gasteiger charge is -2.14. The minimum absolute atomic E-state index is 0.117. The Morgan fingerprint density at radius 1 is 1.29 bits per heavy atom. The summed E-state index contributed by atoms with van der Waals surface area (Å²) in [6.07, 6.45) is 1.46. The van der Waals surface area contributed by atoms with Crippen LogP contribution < -0.4 is 10.9 Å². The van der Waals surface area contributed by atoms with E-state index in [0.717, 1.165) is 0 Å². The number of carbonyl (C=O) groups excluding carboxylic acids is 1. The molecule has 0 fully saturated rings. The smallest absolute Gasteiger partial charge is 0.268 e. The van der Waals surface area contributed by atoms with Gasteiger partial charge in [-0.05, 0) is 29.8 Å². The largest absolute Gasteiger partial charge is 0.505 e. The average molecular weight is 327 g/mol. The maximum atomic E-state index is 13.1. The molecule has 0 saturated carbocycles. The van der Waals surface area contributed by atoms with Gasteiger partial charge in [0.25, 0.3) is 11.5 Å². The van der Waals surface area contributed by atoms with Gasteiger partial charge in [0.05, 0.1) is 12.1 Å². The monoisotopic (exact) mass is 327 g/mol. The molecular formula is C17H14FN3O3. The van der Waals surface area contributed by atoms with Crippen LogP contribution in [0.15, 0.2) is 47.4 Å². The van der Waals surface area contributed by atoms with Gasteiger partial charge in [-0.1, -0.05) is 12.1 Å². The van der Waals surface area contributed by atoms with Crippen LogP contribution in [0.1, 0.15) is 15.9 Å². The highest BCUT2D eigenvalue weighted by Gasteiger charge is 2.22. The number of fused-ring (bicyclic) bond motifs is 1. The van der Waals surface area contributed by atoms with E-state index in [1.807, 2.05) is 0 Å². The van der Waals surface area contributed by atoms with Gasteiger partial charge in [0.1, 0.15) is 16.9 Å². The molecule has 2 heterocycles. The van der Waals surface area contributed by atoms with Gasteiger partial charge in [0.2, 0.25) is 0 Å². The van der Waals surface area contributed by atoms with Crippen LogP contribution in [-0.4, -0.2) is 27.6 Å². The molecule has 24 heavy (non-hydrogen) atoms. The highest BCUT2D eigenvalue weighted by atomic mass is 19.1. The van der Waals surface area contributed by atoms with E-state index in [9.17, 15) is 19.1 Å². The third-order valence-corrected chi connectivity index (χ3v) is 3.71. The van der Waals surface area contributed by atoms with E-state index in [2.05, 4.69) is 10.3 Å². The van der Waals surface area contributed by atoms with Gasteiger partial charge in [-0.3, -0.25) is 14.6 Å². The lowest BCUT2D eigenvalue weighted by atomic mass is 10.1. The minimum atomic E-state index is -0.696. The molecule has 3 rings (SSSR count). The molecule has 1 amide bonds. The van der Waals surface area contributed by atoms with Crippen LogP contribution in [0.3, 0.4) is 0 Å². The minimum Gasteiger partial charge on any atom is -0.505 e. The van der Waals surface area contributed by atoms with Crippen molar-refractivity contribution in [3.63, 3.8) is 0 Å². The number of nitrogens with zero attached hydrogens (tertiary/aromatic N) is 2. The number of nitrogens with one attached hydrogen (secondary N) is 1. The summed E-state index contributed by atoms with van der Waals surface area (Å²) in [7, 11) is 1.37. The van der Waals surface area contributed by atoms with E-state index in [1.165, 1.54) is 29.9 Å². The summed E-state index contributed by atoms with van der Waals surface area (Å²) < 4.78 is 14.4. The first-order valence-electron chi connectivity index (χ1n) is 7.20. The lowest BCUT2D eigenvalue weighted by Crippen LogP contribution is -2.32. The van der Waals surface area contributed by atoms with E-state index in [1.54, 1.807) is 24.3 Å². The van der Waals surface area contributed by atoms with Crippen LogP contribution >= 0.6 is 0 Å². The Labute approximate surface area is 136 Å². The van der Waals surface area contributed by atoms with Crippen molar-refractivity contribution in [1.29, 1.82) is 0 Å². The van der Waals surface area contributed by atoms with Crippen molar-refractivity contribution in [1.82, 2.24) is 14.9 Å². The number of hydrogen-bond donors (Lipinski definition) is 2. The van der Waals surface area contributed by atoms with E-state index < -0.39 is 17.2 Å². The molecule has 0 saturated heterocycles. The molecule has 2 N–H and O–H groups in total. The summed E-state index contributed by atoms with van der Waals surface area (Å²) in [5, 5.41) is 12.6. The molecular weight excluding hydrogens is 313 g/mol. The van der Waals surface area contributed by atoms with Crippen molar-refractivity contribution in [2.75, 3.05) is 7.05 Å². The molecule has 122 valence electrons. The van der Waals surface area contributed by atoms with Crippen molar-refractivity contribution < 1.29 is 14.3 Å². The number of carbonyl (C=O) groups is 1. The molecule has 0 radical (unpaired) electrons. The first-order chi connectivity index (χ1) is 11.5. The van der Waals surface area contributed by atoms with Crippen LogP contribution in [0.4, 0.5) is 4.39 Å². The fourth-order valence-corrected chi connectivity index (χ4v) is 2.52. The molecule has 0 spiro atoms. The number of rotatable bonds is 3. The van der Waals surface area contributed by atoms with Crippen molar-refractivity contribution >= 4 is 16.9 Å². The Morgan fingerprint density at radius 3 is 2.67 bits per heavy atom. The molecule has 0 aliphatic carbocycles. The van der Waals surface area contributed by atoms with Crippen molar-refractivity contribution in [3.05, 3.63) is 69.9 Å². The molecule has 1 aromatic carbocycles. The first-order valence-corrected chi connectivity index (χ1v) is 7.20. The van der Waals surface area contributed by atoms with Crippen LogP contribution in [0.2, 0.25) is 0 Å². The van der Waals surface area contributed by atoms with Crippen LogP contribution in [0.5, 0.6) is 5.75 Å². The van der Waals surface area contributed by atoms with Gasteiger partial charge in [0.15, 0.2) is 5.75 Å². The second-order valence-electron chi connectivity index (χ2n) is 5.19. The zero-order valence-corrected chi connectivity index (χ0v) is 12.8. The van der Waals surface area contributed by atoms with E-state index >= 15 is 0 Å². The standard InChI is InChI=1S/C17H14FN3O3/c1-19-16(23)13-15(22)14-12(3-2-8-20-14)21(17(13)24)9-10-4-6-11(18)7-5-10/h2-8,22H,9H2,1H3,(H,19,23). The molecule has 0 bridgehead atoms. The van der Waals surface area contributed by atoms with Crippen molar-refractivity contribution in [2.45, 2.75) is 6.54 Å². The maximum Gasteiger partial charge on any atom is 0.268 e. The van der Waals surface area contributed by atoms with Gasteiger partial charge in [-0.2, -0.15) is 0 Å². The molecule has 3 aromatic rings. The van der Waals surface area contributed by atoms with Crippen molar-refractivity contribution in [2.24, 2.45) is 0 Å². The molecule has 7 heteroatoms. The Morgan fingerprint density at radius 2 is 2.00 bits per heavy atom. The molecule has 2 aromatic heterocycles. The summed E-state index contributed by atoms with van der Waals surface area (Å²) >= 11 is 0. The van der Waals surface area contributed by atoms with E-state index in [4.69, 9.17) is 0 Å². The highest BCUT2D eigenvalue weighted by molar-refractivity contribution is 6.01. The average Bonchev–Trinajstić information content (AvgIpc) is 2.60. The Bertz CT molecular complexity index is 981. The first kappa shape index (κ1) is 15.7. The number of pyridine rings is 2. The number of aromatic hydroxyl groups is 1. The van der Waals surface area contributed by atoms with E-state index in [-0.39, 0.29) is 23.4 Å². The predicted octanol–water partition coefficient (Wildman–Crippen LogP) is 1.65. The van der Waals surface area contributed by atoms with Gasteiger partial charge in [-0.25, -0.2) is 4.39 Å². The zero-order chi connectivity index (χ0) is 17.3. The fourth-order valence-electron chi connectivity index (χ4n) is 2.52. The van der Waals surface area contributed by atoms with Crippen molar-refractivity contribution in [3.8, 4) is 5.75 Å². The number of halogens is 1. The Kier molecular flexibility index (Phi) is 3.99. The number of amides is 1. The van der Waals surface area contributed by atoms with Crippen LogP contribution in [-0.2, 0) is 6.54 Å². The van der Waals surface area contributed by atoms with Gasteiger partial charge < -0.3 is 15.0 Å². The third kappa shape index (κ3) is 2.60. The Hall–Kier alpha value is -3.22.